The van der Waals surface area contributed by atoms with E-state index in [9.17, 15) is 22.8 Å². The minimum absolute atomic E-state index is 0.167. The molecule has 20 heavy (non-hydrogen) atoms. The highest BCUT2D eigenvalue weighted by molar-refractivity contribution is 9.10. The number of likely N-dealkylation sites (N-methyl/N-ethyl adjacent to an activating group) is 1. The van der Waals surface area contributed by atoms with Gasteiger partial charge in [-0.15, -0.1) is 0 Å². The van der Waals surface area contributed by atoms with Crippen LogP contribution >= 0.6 is 15.9 Å². The summed E-state index contributed by atoms with van der Waals surface area (Å²) in [6.07, 6.45) is -4.58. The highest BCUT2D eigenvalue weighted by atomic mass is 79.9. The first-order valence-electron chi connectivity index (χ1n) is 5.42. The van der Waals surface area contributed by atoms with E-state index in [1.165, 1.54) is 14.0 Å². The van der Waals surface area contributed by atoms with E-state index in [2.05, 4.69) is 15.9 Å². The first-order chi connectivity index (χ1) is 9.05. The van der Waals surface area contributed by atoms with Crippen LogP contribution in [-0.2, 0) is 11.0 Å². The van der Waals surface area contributed by atoms with Gasteiger partial charge in [-0.25, -0.2) is 4.79 Å². The first kappa shape index (κ1) is 16.5. The van der Waals surface area contributed by atoms with Crippen molar-refractivity contribution in [2.45, 2.75) is 19.1 Å². The number of carboxylic acid groups (broad SMARTS) is 1. The zero-order chi connectivity index (χ0) is 15.7. The van der Waals surface area contributed by atoms with Gasteiger partial charge in [-0.3, -0.25) is 4.79 Å². The molecule has 0 aliphatic carbocycles. The summed E-state index contributed by atoms with van der Waals surface area (Å²) in [7, 11) is 1.22. The summed E-state index contributed by atoms with van der Waals surface area (Å²) >= 11 is 2.99. The van der Waals surface area contributed by atoms with Gasteiger partial charge in [0.05, 0.1) is 11.1 Å². The molecule has 110 valence electrons. The number of benzene rings is 1. The fraction of sp³-hybridized carbons (Fsp3) is 0.333. The minimum Gasteiger partial charge on any atom is -0.480 e. The standard InChI is InChI=1S/C12H11BrF3NO3/c1-6(11(19)20)17(2)10(18)8-5-7(12(14,15)16)3-4-9(8)13/h3-6H,1-2H3,(H,19,20). The molecule has 0 aliphatic heterocycles. The van der Waals surface area contributed by atoms with E-state index in [-0.39, 0.29) is 10.0 Å². The second-order valence-electron chi connectivity index (χ2n) is 4.12. The molecule has 1 atom stereocenters. The summed E-state index contributed by atoms with van der Waals surface area (Å²) in [6, 6.07) is 1.48. The number of halogens is 4. The van der Waals surface area contributed by atoms with Gasteiger partial charge in [0.1, 0.15) is 6.04 Å². The summed E-state index contributed by atoms with van der Waals surface area (Å²) < 4.78 is 38.0. The molecule has 0 aliphatic rings. The monoisotopic (exact) mass is 353 g/mol. The maximum atomic E-state index is 12.6. The van der Waals surface area contributed by atoms with Crippen molar-refractivity contribution < 1.29 is 27.9 Å². The highest BCUT2D eigenvalue weighted by Crippen LogP contribution is 2.32. The number of aliphatic carboxylic acids is 1. The molecule has 0 fully saturated rings. The molecule has 8 heteroatoms. The lowest BCUT2D eigenvalue weighted by molar-refractivity contribution is -0.141. The molecule has 1 aromatic rings. The number of hydrogen-bond acceptors (Lipinski definition) is 2. The minimum atomic E-state index is -4.58. The van der Waals surface area contributed by atoms with Crippen LogP contribution in [0.25, 0.3) is 0 Å². The lowest BCUT2D eigenvalue weighted by Gasteiger charge is -2.22. The van der Waals surface area contributed by atoms with Gasteiger partial charge in [0.2, 0.25) is 0 Å². The fourth-order valence-electron chi connectivity index (χ4n) is 1.40. The zero-order valence-corrected chi connectivity index (χ0v) is 12.1. The van der Waals surface area contributed by atoms with Crippen LogP contribution in [0.2, 0.25) is 0 Å². The smallest absolute Gasteiger partial charge is 0.416 e. The van der Waals surface area contributed by atoms with E-state index in [0.717, 1.165) is 17.0 Å². The third-order valence-electron chi connectivity index (χ3n) is 2.78. The first-order valence-corrected chi connectivity index (χ1v) is 6.21. The summed E-state index contributed by atoms with van der Waals surface area (Å²) in [4.78, 5) is 23.7. The maximum Gasteiger partial charge on any atom is 0.416 e. The number of hydrogen-bond donors (Lipinski definition) is 1. The van der Waals surface area contributed by atoms with Crippen molar-refractivity contribution in [3.8, 4) is 0 Å². The van der Waals surface area contributed by atoms with E-state index in [1.54, 1.807) is 0 Å². The topological polar surface area (TPSA) is 57.6 Å². The number of rotatable bonds is 3. The Balaban J connectivity index is 3.19. The summed E-state index contributed by atoms with van der Waals surface area (Å²) in [5, 5.41) is 8.82. The molecule has 1 N–H and O–H groups in total. The zero-order valence-electron chi connectivity index (χ0n) is 10.5. The van der Waals surface area contributed by atoms with Gasteiger partial charge in [-0.05, 0) is 41.1 Å². The Morgan fingerprint density at radius 3 is 2.35 bits per heavy atom. The highest BCUT2D eigenvalue weighted by Gasteiger charge is 2.32. The molecule has 0 saturated heterocycles. The van der Waals surface area contributed by atoms with E-state index in [4.69, 9.17) is 5.11 Å². The number of nitrogens with zero attached hydrogens (tertiary/aromatic N) is 1. The van der Waals surface area contributed by atoms with E-state index >= 15 is 0 Å². The fourth-order valence-corrected chi connectivity index (χ4v) is 1.81. The molecule has 0 aromatic heterocycles. The van der Waals surface area contributed by atoms with Crippen LogP contribution in [0.5, 0.6) is 0 Å². The summed E-state index contributed by atoms with van der Waals surface area (Å²) in [6.45, 7) is 1.27. The van der Waals surface area contributed by atoms with Crippen molar-refractivity contribution in [1.29, 1.82) is 0 Å². The van der Waals surface area contributed by atoms with Crippen molar-refractivity contribution >= 4 is 27.8 Å². The third-order valence-corrected chi connectivity index (χ3v) is 3.47. The van der Waals surface area contributed by atoms with Gasteiger partial charge in [0, 0.05) is 11.5 Å². The third kappa shape index (κ3) is 3.50. The summed E-state index contributed by atoms with van der Waals surface area (Å²) in [5.74, 6) is -2.05. The SMILES string of the molecule is CC(C(=O)O)N(C)C(=O)c1cc(C(F)(F)F)ccc1Br. The molecule has 0 bridgehead atoms. The van der Waals surface area contributed by atoms with Crippen LogP contribution in [-0.4, -0.2) is 35.0 Å². The largest absolute Gasteiger partial charge is 0.480 e. The van der Waals surface area contributed by atoms with Crippen molar-refractivity contribution in [1.82, 2.24) is 4.90 Å². The number of amides is 1. The average molecular weight is 354 g/mol. The van der Waals surface area contributed by atoms with Gasteiger partial charge in [0.15, 0.2) is 0 Å². The molecular formula is C12H11BrF3NO3. The van der Waals surface area contributed by atoms with Crippen molar-refractivity contribution in [3.05, 3.63) is 33.8 Å². The van der Waals surface area contributed by atoms with Crippen LogP contribution in [0.15, 0.2) is 22.7 Å². The Bertz CT molecular complexity index is 545. The molecule has 0 radical (unpaired) electrons. The molecule has 1 rings (SSSR count). The molecule has 1 aromatic carbocycles. The Morgan fingerprint density at radius 2 is 1.90 bits per heavy atom. The lowest BCUT2D eigenvalue weighted by Crippen LogP contribution is -2.40. The maximum absolute atomic E-state index is 12.6. The van der Waals surface area contributed by atoms with Crippen molar-refractivity contribution in [3.63, 3.8) is 0 Å². The summed E-state index contributed by atoms with van der Waals surface area (Å²) in [5.41, 5.74) is -1.21. The molecule has 1 amide bonds. The molecule has 0 saturated carbocycles. The Kier molecular flexibility index (Phi) is 4.80. The number of carbonyl (C=O) groups is 2. The van der Waals surface area contributed by atoms with Gasteiger partial charge < -0.3 is 10.0 Å². The van der Waals surface area contributed by atoms with E-state index in [0.29, 0.717) is 6.07 Å². The normalized spacial score (nSPS) is 12.9. The predicted octanol–water partition coefficient (Wildman–Crippen LogP) is 3.01. The van der Waals surface area contributed by atoms with Crippen molar-refractivity contribution in [2.24, 2.45) is 0 Å². The van der Waals surface area contributed by atoms with E-state index in [1.807, 2.05) is 0 Å². The van der Waals surface area contributed by atoms with Crippen LogP contribution in [0.4, 0.5) is 13.2 Å². The Hall–Kier alpha value is -1.57. The quantitative estimate of drug-likeness (QED) is 0.908. The van der Waals surface area contributed by atoms with Gasteiger partial charge in [-0.1, -0.05) is 0 Å². The molecule has 4 nitrogen and oxygen atoms in total. The van der Waals surface area contributed by atoms with Crippen molar-refractivity contribution in [2.75, 3.05) is 7.05 Å². The number of carbonyl (C=O) groups excluding carboxylic acids is 1. The Labute approximate surface area is 121 Å². The number of carboxylic acids is 1. The lowest BCUT2D eigenvalue weighted by atomic mass is 10.1. The average Bonchev–Trinajstić information content (AvgIpc) is 2.35. The molecule has 1 unspecified atom stereocenters. The second-order valence-corrected chi connectivity index (χ2v) is 4.98. The van der Waals surface area contributed by atoms with Crippen LogP contribution in [0.3, 0.4) is 0 Å². The molecular weight excluding hydrogens is 343 g/mol. The van der Waals surface area contributed by atoms with Gasteiger partial charge in [-0.2, -0.15) is 13.2 Å². The van der Waals surface area contributed by atoms with E-state index < -0.39 is 29.7 Å². The second kappa shape index (κ2) is 5.82. The molecule has 0 spiro atoms. The predicted molar refractivity (Wildman–Crippen MR) is 68.3 cm³/mol. The Morgan fingerprint density at radius 1 is 1.35 bits per heavy atom. The van der Waals surface area contributed by atoms with Crippen LogP contribution in [0, 0.1) is 0 Å². The van der Waals surface area contributed by atoms with Gasteiger partial charge in [0.25, 0.3) is 5.91 Å². The number of alkyl halides is 3. The van der Waals surface area contributed by atoms with Gasteiger partial charge >= 0.3 is 12.1 Å². The molecule has 0 heterocycles. The van der Waals surface area contributed by atoms with Crippen LogP contribution < -0.4 is 0 Å². The van der Waals surface area contributed by atoms with Crippen LogP contribution in [0.1, 0.15) is 22.8 Å².